The Bertz CT molecular complexity index is 1310. The standard InChI is InChI=1S/C26H22N2O/c1-26(2,3)21-14-19(13-17-7-4-5-8-20(17)21)22-15-18(10-12-28-22)25-16-23-24(29-25)9-6-11-27-23/h4-16H,1-3H3. The number of nitrogens with zero attached hydrogens (tertiary/aromatic N) is 2. The summed E-state index contributed by atoms with van der Waals surface area (Å²) < 4.78 is 6.00. The lowest BCUT2D eigenvalue weighted by atomic mass is 9.82. The van der Waals surface area contributed by atoms with Crippen molar-refractivity contribution in [3.63, 3.8) is 0 Å². The molecule has 0 aliphatic rings. The van der Waals surface area contributed by atoms with E-state index in [9.17, 15) is 0 Å². The van der Waals surface area contributed by atoms with E-state index in [2.05, 4.69) is 73.2 Å². The number of rotatable bonds is 2. The van der Waals surface area contributed by atoms with E-state index in [1.807, 2.05) is 30.5 Å². The highest BCUT2D eigenvalue weighted by Gasteiger charge is 2.19. The van der Waals surface area contributed by atoms with Crippen LogP contribution in [0.15, 0.2) is 83.5 Å². The normalized spacial score (nSPS) is 12.0. The maximum Gasteiger partial charge on any atom is 0.153 e. The number of fused-ring (bicyclic) bond motifs is 2. The molecule has 5 rings (SSSR count). The molecule has 0 aliphatic carbocycles. The number of benzene rings is 2. The van der Waals surface area contributed by atoms with Gasteiger partial charge in [0.15, 0.2) is 5.58 Å². The molecule has 0 N–H and O–H groups in total. The predicted molar refractivity (Wildman–Crippen MR) is 119 cm³/mol. The van der Waals surface area contributed by atoms with Gasteiger partial charge < -0.3 is 4.42 Å². The molecule has 3 aromatic heterocycles. The Labute approximate surface area is 170 Å². The maximum atomic E-state index is 6.00. The van der Waals surface area contributed by atoms with Gasteiger partial charge in [-0.2, -0.15) is 0 Å². The van der Waals surface area contributed by atoms with Crippen LogP contribution in [0.25, 0.3) is 44.5 Å². The molecule has 3 heterocycles. The van der Waals surface area contributed by atoms with Crippen molar-refractivity contribution < 1.29 is 4.42 Å². The summed E-state index contributed by atoms with van der Waals surface area (Å²) in [5.74, 6) is 0.805. The minimum Gasteiger partial charge on any atom is -0.454 e. The second-order valence-corrected chi connectivity index (χ2v) is 8.42. The number of furan rings is 1. The first-order valence-corrected chi connectivity index (χ1v) is 9.84. The van der Waals surface area contributed by atoms with Gasteiger partial charge in [-0.1, -0.05) is 45.0 Å². The van der Waals surface area contributed by atoms with Crippen LogP contribution in [0.2, 0.25) is 0 Å². The van der Waals surface area contributed by atoms with Crippen LogP contribution >= 0.6 is 0 Å². The first-order valence-electron chi connectivity index (χ1n) is 9.84. The van der Waals surface area contributed by atoms with Crippen LogP contribution in [0, 0.1) is 0 Å². The topological polar surface area (TPSA) is 38.9 Å². The van der Waals surface area contributed by atoms with E-state index in [1.165, 1.54) is 16.3 Å². The third-order valence-corrected chi connectivity index (χ3v) is 5.30. The summed E-state index contributed by atoms with van der Waals surface area (Å²) in [4.78, 5) is 9.03. The van der Waals surface area contributed by atoms with Crippen LogP contribution in [0.1, 0.15) is 26.3 Å². The van der Waals surface area contributed by atoms with Crippen LogP contribution in [0.5, 0.6) is 0 Å². The molecule has 0 aliphatic heterocycles. The van der Waals surface area contributed by atoms with E-state index in [0.29, 0.717) is 0 Å². The minimum absolute atomic E-state index is 0.0393. The summed E-state index contributed by atoms with van der Waals surface area (Å²) in [5, 5.41) is 2.53. The fraction of sp³-hybridized carbons (Fsp3) is 0.154. The van der Waals surface area contributed by atoms with Crippen LogP contribution < -0.4 is 0 Å². The highest BCUT2D eigenvalue weighted by atomic mass is 16.3. The zero-order valence-electron chi connectivity index (χ0n) is 16.8. The molecule has 0 saturated carbocycles. The van der Waals surface area contributed by atoms with Crippen molar-refractivity contribution in [1.29, 1.82) is 0 Å². The summed E-state index contributed by atoms with van der Waals surface area (Å²) in [6.07, 6.45) is 3.62. The van der Waals surface area contributed by atoms with Crippen molar-refractivity contribution in [3.05, 3.63) is 84.7 Å². The van der Waals surface area contributed by atoms with Crippen LogP contribution in [0.3, 0.4) is 0 Å². The molecule has 0 fully saturated rings. The smallest absolute Gasteiger partial charge is 0.153 e. The molecule has 0 unspecified atom stereocenters. The van der Waals surface area contributed by atoms with E-state index >= 15 is 0 Å². The predicted octanol–water partition coefficient (Wildman–Crippen LogP) is 7.01. The molecule has 0 saturated heterocycles. The van der Waals surface area contributed by atoms with Crippen molar-refractivity contribution >= 4 is 21.9 Å². The van der Waals surface area contributed by atoms with Gasteiger partial charge in [-0.3, -0.25) is 9.97 Å². The average Bonchev–Trinajstić information content (AvgIpc) is 3.17. The Morgan fingerprint density at radius 2 is 1.62 bits per heavy atom. The molecule has 142 valence electrons. The van der Waals surface area contributed by atoms with Gasteiger partial charge in [-0.05, 0) is 58.1 Å². The molecular formula is C26H22N2O. The lowest BCUT2D eigenvalue weighted by Gasteiger charge is -2.22. The quantitative estimate of drug-likeness (QED) is 0.332. The SMILES string of the molecule is CC(C)(C)c1cc(-c2cc(-c3cc4ncccc4o3)ccn2)cc2ccccc12. The summed E-state index contributed by atoms with van der Waals surface area (Å²) in [6, 6.07) is 22.9. The number of hydrogen-bond acceptors (Lipinski definition) is 3. The van der Waals surface area contributed by atoms with Gasteiger partial charge in [0.05, 0.1) is 5.69 Å². The molecule has 0 amide bonds. The van der Waals surface area contributed by atoms with Crippen LogP contribution in [0.4, 0.5) is 0 Å². The third kappa shape index (κ3) is 3.19. The Balaban J connectivity index is 1.67. The third-order valence-electron chi connectivity index (χ3n) is 5.30. The molecular weight excluding hydrogens is 356 g/mol. The van der Waals surface area contributed by atoms with E-state index < -0.39 is 0 Å². The second kappa shape index (κ2) is 6.56. The summed E-state index contributed by atoms with van der Waals surface area (Å²) in [6.45, 7) is 6.76. The van der Waals surface area contributed by atoms with Crippen LogP contribution in [-0.2, 0) is 5.41 Å². The Hall–Kier alpha value is -3.46. The second-order valence-electron chi connectivity index (χ2n) is 8.42. The lowest BCUT2D eigenvalue weighted by Crippen LogP contribution is -2.12. The lowest BCUT2D eigenvalue weighted by molar-refractivity contribution is 0.596. The van der Waals surface area contributed by atoms with Gasteiger partial charge in [0, 0.05) is 29.6 Å². The van der Waals surface area contributed by atoms with Crippen molar-refractivity contribution in [3.8, 4) is 22.6 Å². The van der Waals surface area contributed by atoms with Gasteiger partial charge in [0.25, 0.3) is 0 Å². The van der Waals surface area contributed by atoms with Crippen LogP contribution in [-0.4, -0.2) is 9.97 Å². The first kappa shape index (κ1) is 17.6. The highest BCUT2D eigenvalue weighted by molar-refractivity contribution is 5.91. The Morgan fingerprint density at radius 1 is 0.759 bits per heavy atom. The average molecular weight is 378 g/mol. The number of aromatic nitrogens is 2. The van der Waals surface area contributed by atoms with Crippen molar-refractivity contribution in [2.24, 2.45) is 0 Å². The van der Waals surface area contributed by atoms with E-state index in [1.54, 1.807) is 6.20 Å². The van der Waals surface area contributed by atoms with Crippen molar-refractivity contribution in [2.45, 2.75) is 26.2 Å². The molecule has 5 aromatic rings. The molecule has 0 bridgehead atoms. The first-order chi connectivity index (χ1) is 14.0. The molecule has 29 heavy (non-hydrogen) atoms. The fourth-order valence-corrected chi connectivity index (χ4v) is 3.83. The molecule has 2 aromatic carbocycles. The zero-order chi connectivity index (χ0) is 20.0. The molecule has 0 radical (unpaired) electrons. The van der Waals surface area contributed by atoms with Crippen molar-refractivity contribution in [2.75, 3.05) is 0 Å². The monoisotopic (exact) mass is 378 g/mol. The largest absolute Gasteiger partial charge is 0.454 e. The minimum atomic E-state index is 0.0393. The summed E-state index contributed by atoms with van der Waals surface area (Å²) in [5.41, 5.74) is 6.07. The van der Waals surface area contributed by atoms with E-state index in [0.717, 1.165) is 33.7 Å². The number of hydrogen-bond donors (Lipinski definition) is 0. The van der Waals surface area contributed by atoms with Gasteiger partial charge in [-0.25, -0.2) is 0 Å². The molecule has 0 spiro atoms. The zero-order valence-corrected chi connectivity index (χ0v) is 16.8. The van der Waals surface area contributed by atoms with E-state index in [-0.39, 0.29) is 5.41 Å². The van der Waals surface area contributed by atoms with Gasteiger partial charge in [0.2, 0.25) is 0 Å². The molecule has 3 heteroatoms. The fourth-order valence-electron chi connectivity index (χ4n) is 3.83. The molecule has 0 atom stereocenters. The van der Waals surface area contributed by atoms with Crippen molar-refractivity contribution in [1.82, 2.24) is 9.97 Å². The van der Waals surface area contributed by atoms with Gasteiger partial charge >= 0.3 is 0 Å². The Kier molecular flexibility index (Phi) is 3.99. The van der Waals surface area contributed by atoms with Gasteiger partial charge in [-0.15, -0.1) is 0 Å². The number of pyridine rings is 2. The van der Waals surface area contributed by atoms with E-state index in [4.69, 9.17) is 4.42 Å². The Morgan fingerprint density at radius 3 is 2.45 bits per heavy atom. The maximum absolute atomic E-state index is 6.00. The molecule has 3 nitrogen and oxygen atoms in total. The summed E-state index contributed by atoms with van der Waals surface area (Å²) >= 11 is 0. The summed E-state index contributed by atoms with van der Waals surface area (Å²) in [7, 11) is 0. The highest BCUT2D eigenvalue weighted by Crippen LogP contribution is 2.35. The van der Waals surface area contributed by atoms with Gasteiger partial charge in [0.1, 0.15) is 11.3 Å².